The summed E-state index contributed by atoms with van der Waals surface area (Å²) in [5.74, 6) is 1.24. The summed E-state index contributed by atoms with van der Waals surface area (Å²) < 4.78 is 8.85. The number of nitrogens with zero attached hydrogens (tertiary/aromatic N) is 5. The van der Waals surface area contributed by atoms with Crippen LogP contribution in [0.2, 0.25) is 0 Å². The number of hydrogen-bond donors (Lipinski definition) is 0. The highest BCUT2D eigenvalue weighted by Crippen LogP contribution is 2.33. The van der Waals surface area contributed by atoms with Crippen molar-refractivity contribution in [3.8, 4) is 11.5 Å². The summed E-state index contributed by atoms with van der Waals surface area (Å²) >= 11 is 1.75. The Balaban J connectivity index is 1.45. The molecule has 4 aromatic rings. The molecule has 1 fully saturated rings. The molecular formula is C22H23N5O2S. The van der Waals surface area contributed by atoms with Crippen molar-refractivity contribution in [1.82, 2.24) is 24.1 Å². The molecule has 154 valence electrons. The highest BCUT2D eigenvalue weighted by atomic mass is 32.2. The summed E-state index contributed by atoms with van der Waals surface area (Å²) in [7, 11) is 0. The van der Waals surface area contributed by atoms with Gasteiger partial charge >= 0.3 is 5.69 Å². The molecule has 0 amide bonds. The highest BCUT2D eigenvalue weighted by Gasteiger charge is 2.20. The van der Waals surface area contributed by atoms with Crippen molar-refractivity contribution < 1.29 is 4.42 Å². The molecule has 0 aliphatic heterocycles. The monoisotopic (exact) mass is 421 g/mol. The Bertz CT molecular complexity index is 1220. The number of hydrogen-bond acceptors (Lipinski definition) is 6. The lowest BCUT2D eigenvalue weighted by atomic mass is 10.0. The van der Waals surface area contributed by atoms with Gasteiger partial charge in [-0.1, -0.05) is 49.2 Å². The van der Waals surface area contributed by atoms with E-state index in [4.69, 9.17) is 4.42 Å². The fourth-order valence-electron chi connectivity index (χ4n) is 3.87. The number of fused-ring (bicyclic) bond motifs is 1. The summed E-state index contributed by atoms with van der Waals surface area (Å²) in [4.78, 5) is 22.1. The molecule has 0 saturated heterocycles. The number of aromatic nitrogens is 5. The van der Waals surface area contributed by atoms with Gasteiger partial charge in [-0.3, -0.25) is 0 Å². The van der Waals surface area contributed by atoms with Gasteiger partial charge < -0.3 is 4.42 Å². The van der Waals surface area contributed by atoms with E-state index in [0.717, 1.165) is 10.6 Å². The van der Waals surface area contributed by atoms with E-state index in [0.29, 0.717) is 28.2 Å². The highest BCUT2D eigenvalue weighted by molar-refractivity contribution is 8.00. The first kappa shape index (κ1) is 19.1. The van der Waals surface area contributed by atoms with E-state index in [1.807, 2.05) is 37.3 Å². The quantitative estimate of drug-likeness (QED) is 0.477. The molecule has 5 rings (SSSR count). The van der Waals surface area contributed by atoms with Crippen LogP contribution in [0, 0.1) is 6.92 Å². The average molecular weight is 422 g/mol. The molecule has 0 radical (unpaired) electrons. The Labute approximate surface area is 178 Å². The van der Waals surface area contributed by atoms with E-state index in [-0.39, 0.29) is 12.2 Å². The lowest BCUT2D eigenvalue weighted by molar-refractivity contribution is 0.516. The number of oxazole rings is 1. The van der Waals surface area contributed by atoms with Gasteiger partial charge in [0.1, 0.15) is 16.5 Å². The summed E-state index contributed by atoms with van der Waals surface area (Å²) in [5.41, 5.74) is 2.03. The molecule has 0 atom stereocenters. The fourth-order valence-corrected chi connectivity index (χ4v) is 5.12. The molecule has 7 nitrogen and oxygen atoms in total. The molecule has 3 heterocycles. The van der Waals surface area contributed by atoms with Crippen LogP contribution in [0.5, 0.6) is 0 Å². The van der Waals surface area contributed by atoms with Crippen molar-refractivity contribution in [2.45, 2.75) is 55.8 Å². The second kappa shape index (κ2) is 8.10. The second-order valence-electron chi connectivity index (χ2n) is 7.63. The Kier molecular flexibility index (Phi) is 5.16. The van der Waals surface area contributed by atoms with E-state index in [1.54, 1.807) is 28.6 Å². The van der Waals surface area contributed by atoms with Gasteiger partial charge in [0.25, 0.3) is 0 Å². The van der Waals surface area contributed by atoms with Crippen LogP contribution in [0.1, 0.15) is 43.6 Å². The minimum absolute atomic E-state index is 0.193. The third kappa shape index (κ3) is 3.67. The van der Waals surface area contributed by atoms with Gasteiger partial charge in [-0.15, -0.1) is 5.10 Å². The molecule has 0 unspecified atom stereocenters. The Morgan fingerprint density at radius 1 is 1.17 bits per heavy atom. The smallest absolute Gasteiger partial charge is 0.350 e. The molecule has 3 aromatic heterocycles. The lowest BCUT2D eigenvalue weighted by Gasteiger charge is -2.20. The van der Waals surface area contributed by atoms with Crippen molar-refractivity contribution in [3.63, 3.8) is 0 Å². The molecule has 1 aliphatic carbocycles. The first-order chi connectivity index (χ1) is 14.7. The zero-order valence-electron chi connectivity index (χ0n) is 16.8. The van der Waals surface area contributed by atoms with Crippen LogP contribution in [0.3, 0.4) is 0 Å². The van der Waals surface area contributed by atoms with Crippen LogP contribution >= 0.6 is 11.8 Å². The van der Waals surface area contributed by atoms with Crippen LogP contribution in [0.4, 0.5) is 0 Å². The maximum Gasteiger partial charge on any atom is 0.350 e. The zero-order valence-corrected chi connectivity index (χ0v) is 17.6. The summed E-state index contributed by atoms with van der Waals surface area (Å²) in [6, 6.07) is 9.74. The maximum atomic E-state index is 12.9. The van der Waals surface area contributed by atoms with E-state index in [2.05, 4.69) is 15.1 Å². The predicted molar refractivity (Wildman–Crippen MR) is 116 cm³/mol. The third-order valence-electron chi connectivity index (χ3n) is 5.51. The summed E-state index contributed by atoms with van der Waals surface area (Å²) in [6.07, 6.45) is 9.58. The summed E-state index contributed by atoms with van der Waals surface area (Å²) in [5, 5.41) is 5.96. The van der Waals surface area contributed by atoms with Gasteiger partial charge in [0.15, 0.2) is 5.65 Å². The first-order valence-electron chi connectivity index (χ1n) is 10.3. The molecule has 1 aromatic carbocycles. The van der Waals surface area contributed by atoms with Gasteiger partial charge in [0.2, 0.25) is 5.89 Å². The minimum Gasteiger partial charge on any atom is -0.441 e. The second-order valence-corrected chi connectivity index (χ2v) is 8.92. The van der Waals surface area contributed by atoms with Crippen molar-refractivity contribution in [1.29, 1.82) is 0 Å². The zero-order chi connectivity index (χ0) is 20.5. The van der Waals surface area contributed by atoms with E-state index in [9.17, 15) is 4.79 Å². The number of benzene rings is 1. The van der Waals surface area contributed by atoms with Gasteiger partial charge in [-0.25, -0.2) is 23.8 Å². The van der Waals surface area contributed by atoms with E-state index in [1.165, 1.54) is 36.8 Å². The van der Waals surface area contributed by atoms with Crippen LogP contribution in [-0.2, 0) is 6.54 Å². The maximum absolute atomic E-state index is 12.9. The van der Waals surface area contributed by atoms with Gasteiger partial charge in [-0.2, -0.15) is 0 Å². The van der Waals surface area contributed by atoms with Crippen LogP contribution in [0.25, 0.3) is 17.1 Å². The first-order valence-corrected chi connectivity index (χ1v) is 11.2. The molecule has 0 spiro atoms. The third-order valence-corrected chi connectivity index (χ3v) is 6.83. The Morgan fingerprint density at radius 2 is 1.97 bits per heavy atom. The van der Waals surface area contributed by atoms with Gasteiger partial charge in [0, 0.05) is 23.2 Å². The molecule has 30 heavy (non-hydrogen) atoms. The summed E-state index contributed by atoms with van der Waals surface area (Å²) in [6.45, 7) is 2.12. The Morgan fingerprint density at radius 3 is 2.77 bits per heavy atom. The molecular weight excluding hydrogens is 398 g/mol. The fraction of sp³-hybridized carbons (Fsp3) is 0.364. The normalized spacial score (nSPS) is 15.1. The largest absolute Gasteiger partial charge is 0.441 e. The van der Waals surface area contributed by atoms with E-state index >= 15 is 0 Å². The van der Waals surface area contributed by atoms with Crippen LogP contribution in [0.15, 0.2) is 57.0 Å². The Hall–Kier alpha value is -2.87. The van der Waals surface area contributed by atoms with Crippen molar-refractivity contribution in [3.05, 3.63) is 64.7 Å². The molecule has 8 heteroatoms. The van der Waals surface area contributed by atoms with Crippen LogP contribution in [-0.4, -0.2) is 29.4 Å². The van der Waals surface area contributed by atoms with Crippen molar-refractivity contribution in [2.75, 3.05) is 0 Å². The minimum atomic E-state index is -0.193. The van der Waals surface area contributed by atoms with Crippen molar-refractivity contribution >= 4 is 17.4 Å². The molecule has 1 aliphatic rings. The lowest BCUT2D eigenvalue weighted by Crippen LogP contribution is -2.22. The molecule has 0 bridgehead atoms. The van der Waals surface area contributed by atoms with E-state index < -0.39 is 0 Å². The standard InChI is InChI=1S/C22H23N5O2S/c1-15-18(24-20(29-15)16-8-4-2-5-9-16)14-27-22(28)26-13-12-23-21(19(26)25-27)30-17-10-6-3-7-11-17/h2,4-5,8-9,12-13,17H,3,6-7,10-11,14H2,1H3. The predicted octanol–water partition coefficient (Wildman–Crippen LogP) is 4.33. The number of rotatable bonds is 5. The number of thioether (sulfide) groups is 1. The average Bonchev–Trinajstić information content (AvgIpc) is 3.31. The SMILES string of the molecule is Cc1oc(-c2ccccc2)nc1Cn1nc2c(SC3CCCCC3)nccn2c1=O. The van der Waals surface area contributed by atoms with Gasteiger partial charge in [-0.05, 0) is 31.9 Å². The molecule has 1 saturated carbocycles. The van der Waals surface area contributed by atoms with Gasteiger partial charge in [0.05, 0.1) is 6.54 Å². The topological polar surface area (TPSA) is 78.2 Å². The number of aryl methyl sites for hydroxylation is 1. The van der Waals surface area contributed by atoms with Crippen molar-refractivity contribution in [2.24, 2.45) is 0 Å². The van der Waals surface area contributed by atoms with Crippen LogP contribution < -0.4 is 5.69 Å². The molecule has 0 N–H and O–H groups in total.